The Morgan fingerprint density at radius 1 is 1.57 bits per heavy atom. The summed E-state index contributed by atoms with van der Waals surface area (Å²) >= 11 is 2.11. The van der Waals surface area contributed by atoms with E-state index in [0.717, 1.165) is 3.57 Å². The smallest absolute Gasteiger partial charge is 0.325 e. The van der Waals surface area contributed by atoms with Gasteiger partial charge in [-0.25, -0.2) is 9.97 Å². The molecule has 0 bridgehead atoms. The van der Waals surface area contributed by atoms with E-state index in [4.69, 9.17) is 4.74 Å². The third kappa shape index (κ3) is 3.86. The zero-order valence-electron chi connectivity index (χ0n) is 7.66. The zero-order chi connectivity index (χ0) is 10.4. The van der Waals surface area contributed by atoms with E-state index >= 15 is 0 Å². The molecule has 76 valence electrons. The fourth-order valence-corrected chi connectivity index (χ4v) is 1.05. The first-order valence-corrected chi connectivity index (χ1v) is 5.17. The molecule has 5 nitrogen and oxygen atoms in total. The van der Waals surface area contributed by atoms with Crippen LogP contribution < -0.4 is 5.32 Å². The predicted molar refractivity (Wildman–Crippen MR) is 59.9 cm³/mol. The molecule has 1 heterocycles. The topological polar surface area (TPSA) is 64.1 Å². The quantitative estimate of drug-likeness (QED) is 0.665. The van der Waals surface area contributed by atoms with Crippen molar-refractivity contribution in [2.24, 2.45) is 0 Å². The SMILES string of the molecule is CCOC(=O)CNc1ncc(I)cn1. The molecule has 6 heteroatoms. The third-order valence-electron chi connectivity index (χ3n) is 1.32. The van der Waals surface area contributed by atoms with Crippen molar-refractivity contribution in [3.05, 3.63) is 16.0 Å². The first kappa shape index (κ1) is 11.2. The van der Waals surface area contributed by atoms with Gasteiger partial charge in [-0.1, -0.05) is 0 Å². The van der Waals surface area contributed by atoms with Crippen LogP contribution in [0.15, 0.2) is 12.4 Å². The monoisotopic (exact) mass is 307 g/mol. The molecule has 1 aromatic heterocycles. The molecule has 0 aromatic carbocycles. The average Bonchev–Trinajstić information content (AvgIpc) is 2.17. The number of rotatable bonds is 4. The molecule has 0 aliphatic rings. The Bertz CT molecular complexity index is 302. The number of halogens is 1. The maximum atomic E-state index is 10.9. The highest BCUT2D eigenvalue weighted by molar-refractivity contribution is 14.1. The standard InChI is InChI=1S/C8H10IN3O2/c1-2-14-7(13)5-12-8-10-3-6(9)4-11-8/h3-4H,2,5H2,1H3,(H,10,11,12). The molecule has 0 spiro atoms. The molecule has 0 atom stereocenters. The average molecular weight is 307 g/mol. The van der Waals surface area contributed by atoms with E-state index in [-0.39, 0.29) is 12.5 Å². The Hall–Kier alpha value is -0.920. The van der Waals surface area contributed by atoms with Crippen LogP contribution >= 0.6 is 22.6 Å². The van der Waals surface area contributed by atoms with E-state index in [1.54, 1.807) is 19.3 Å². The maximum absolute atomic E-state index is 10.9. The largest absolute Gasteiger partial charge is 0.465 e. The summed E-state index contributed by atoms with van der Waals surface area (Å²) in [5.74, 6) is 0.119. The number of esters is 1. The van der Waals surface area contributed by atoms with Crippen LogP contribution in [0.3, 0.4) is 0 Å². The lowest BCUT2D eigenvalue weighted by Gasteiger charge is -2.03. The van der Waals surface area contributed by atoms with Gasteiger partial charge in [0.1, 0.15) is 6.54 Å². The van der Waals surface area contributed by atoms with E-state index in [1.165, 1.54) is 0 Å². The summed E-state index contributed by atoms with van der Waals surface area (Å²) in [5, 5.41) is 2.76. The summed E-state index contributed by atoms with van der Waals surface area (Å²) in [6, 6.07) is 0. The van der Waals surface area contributed by atoms with Crippen molar-refractivity contribution in [2.45, 2.75) is 6.92 Å². The van der Waals surface area contributed by atoms with Gasteiger partial charge in [-0.2, -0.15) is 0 Å². The summed E-state index contributed by atoms with van der Waals surface area (Å²) in [5.41, 5.74) is 0. The molecular weight excluding hydrogens is 297 g/mol. The van der Waals surface area contributed by atoms with Gasteiger partial charge >= 0.3 is 5.97 Å². The minimum Gasteiger partial charge on any atom is -0.465 e. The van der Waals surface area contributed by atoms with E-state index < -0.39 is 0 Å². The second-order valence-corrected chi connectivity index (χ2v) is 3.63. The van der Waals surface area contributed by atoms with Crippen LogP contribution in [0.4, 0.5) is 5.95 Å². The number of carbonyl (C=O) groups is 1. The molecule has 0 unspecified atom stereocenters. The fourth-order valence-electron chi connectivity index (χ4n) is 0.767. The predicted octanol–water partition coefficient (Wildman–Crippen LogP) is 1.06. The van der Waals surface area contributed by atoms with Crippen molar-refractivity contribution < 1.29 is 9.53 Å². The van der Waals surface area contributed by atoms with Gasteiger partial charge in [-0.15, -0.1) is 0 Å². The normalized spacial score (nSPS) is 9.57. The first-order valence-electron chi connectivity index (χ1n) is 4.09. The summed E-state index contributed by atoms with van der Waals surface area (Å²) < 4.78 is 5.68. The molecular formula is C8H10IN3O2. The van der Waals surface area contributed by atoms with Crippen LogP contribution in [0.1, 0.15) is 6.92 Å². The number of carbonyl (C=O) groups excluding carboxylic acids is 1. The van der Waals surface area contributed by atoms with Gasteiger partial charge in [0.15, 0.2) is 0 Å². The summed E-state index contributed by atoms with van der Waals surface area (Å²) in [7, 11) is 0. The Labute approximate surface area is 95.4 Å². The van der Waals surface area contributed by atoms with Crippen molar-refractivity contribution in [3.63, 3.8) is 0 Å². The van der Waals surface area contributed by atoms with E-state index in [2.05, 4.69) is 37.9 Å². The van der Waals surface area contributed by atoms with Gasteiger partial charge in [0, 0.05) is 16.0 Å². The lowest BCUT2D eigenvalue weighted by atomic mass is 10.6. The Balaban J connectivity index is 2.38. The van der Waals surface area contributed by atoms with Gasteiger partial charge in [-0.3, -0.25) is 4.79 Å². The number of nitrogens with one attached hydrogen (secondary N) is 1. The van der Waals surface area contributed by atoms with Gasteiger partial charge in [-0.05, 0) is 29.5 Å². The number of hydrogen-bond donors (Lipinski definition) is 1. The van der Waals surface area contributed by atoms with Crippen LogP contribution in [0, 0.1) is 3.57 Å². The Kier molecular flexibility index (Phi) is 4.57. The van der Waals surface area contributed by atoms with Crippen LogP contribution in [0.2, 0.25) is 0 Å². The van der Waals surface area contributed by atoms with Crippen LogP contribution in [-0.2, 0) is 9.53 Å². The second-order valence-electron chi connectivity index (χ2n) is 2.38. The summed E-state index contributed by atoms with van der Waals surface area (Å²) in [6.07, 6.45) is 3.34. The zero-order valence-corrected chi connectivity index (χ0v) is 9.82. The summed E-state index contributed by atoms with van der Waals surface area (Å²) in [6.45, 7) is 2.24. The minimum absolute atomic E-state index is 0.0917. The van der Waals surface area contributed by atoms with Crippen LogP contribution in [-0.4, -0.2) is 29.1 Å². The highest BCUT2D eigenvalue weighted by Gasteiger charge is 2.01. The van der Waals surface area contributed by atoms with Crippen LogP contribution in [0.25, 0.3) is 0 Å². The van der Waals surface area contributed by atoms with Gasteiger partial charge in [0.2, 0.25) is 5.95 Å². The molecule has 0 saturated heterocycles. The molecule has 0 radical (unpaired) electrons. The van der Waals surface area contributed by atoms with E-state index in [1.807, 2.05) is 0 Å². The number of hydrogen-bond acceptors (Lipinski definition) is 5. The van der Waals surface area contributed by atoms with Crippen LogP contribution in [0.5, 0.6) is 0 Å². The van der Waals surface area contributed by atoms with Crippen molar-refractivity contribution in [1.82, 2.24) is 9.97 Å². The van der Waals surface area contributed by atoms with E-state index in [0.29, 0.717) is 12.6 Å². The lowest BCUT2D eigenvalue weighted by Crippen LogP contribution is -2.17. The molecule has 1 aromatic rings. The van der Waals surface area contributed by atoms with Crippen molar-refractivity contribution >= 4 is 34.5 Å². The second kappa shape index (κ2) is 5.74. The Morgan fingerprint density at radius 3 is 2.79 bits per heavy atom. The van der Waals surface area contributed by atoms with Gasteiger partial charge < -0.3 is 10.1 Å². The van der Waals surface area contributed by atoms with Crippen molar-refractivity contribution in [2.75, 3.05) is 18.5 Å². The molecule has 14 heavy (non-hydrogen) atoms. The summed E-state index contributed by atoms with van der Waals surface area (Å²) in [4.78, 5) is 18.9. The number of ether oxygens (including phenoxy) is 1. The molecule has 0 aliphatic carbocycles. The van der Waals surface area contributed by atoms with Gasteiger partial charge in [0.05, 0.1) is 6.61 Å². The molecule has 0 amide bonds. The highest BCUT2D eigenvalue weighted by atomic mass is 127. The molecule has 0 fully saturated rings. The molecule has 1 N–H and O–H groups in total. The van der Waals surface area contributed by atoms with Gasteiger partial charge in [0.25, 0.3) is 0 Å². The molecule has 1 rings (SSSR count). The number of anilines is 1. The Morgan fingerprint density at radius 2 is 2.21 bits per heavy atom. The van der Waals surface area contributed by atoms with Crippen molar-refractivity contribution in [1.29, 1.82) is 0 Å². The molecule has 0 aliphatic heterocycles. The minimum atomic E-state index is -0.311. The first-order chi connectivity index (χ1) is 6.72. The number of aromatic nitrogens is 2. The lowest BCUT2D eigenvalue weighted by molar-refractivity contribution is -0.140. The maximum Gasteiger partial charge on any atom is 0.325 e. The van der Waals surface area contributed by atoms with Crippen molar-refractivity contribution in [3.8, 4) is 0 Å². The fraction of sp³-hybridized carbons (Fsp3) is 0.375. The highest BCUT2D eigenvalue weighted by Crippen LogP contribution is 2.02. The van der Waals surface area contributed by atoms with E-state index in [9.17, 15) is 4.79 Å². The molecule has 0 saturated carbocycles. The number of nitrogens with zero attached hydrogens (tertiary/aromatic N) is 2. The third-order valence-corrected chi connectivity index (χ3v) is 1.87.